The number of rotatable bonds is 5. The van der Waals surface area contributed by atoms with Crippen molar-refractivity contribution in [1.82, 2.24) is 0 Å². The van der Waals surface area contributed by atoms with E-state index in [1.54, 1.807) is 6.07 Å². The van der Waals surface area contributed by atoms with Crippen molar-refractivity contribution in [3.05, 3.63) is 70.0 Å². The van der Waals surface area contributed by atoms with E-state index >= 15 is 0 Å². The third-order valence-corrected chi connectivity index (χ3v) is 4.60. The van der Waals surface area contributed by atoms with Crippen LogP contribution in [0.3, 0.4) is 0 Å². The highest BCUT2D eigenvalue weighted by Gasteiger charge is 2.11. The summed E-state index contributed by atoms with van der Waals surface area (Å²) in [6, 6.07) is 13.0. The van der Waals surface area contributed by atoms with E-state index in [1.807, 2.05) is 31.2 Å². The van der Waals surface area contributed by atoms with Crippen LogP contribution in [0.25, 0.3) is 0 Å². The van der Waals surface area contributed by atoms with Gasteiger partial charge in [-0.2, -0.15) is 0 Å². The fourth-order valence-corrected chi connectivity index (χ4v) is 3.05. The summed E-state index contributed by atoms with van der Waals surface area (Å²) in [7, 11) is 0. The molecule has 0 saturated carbocycles. The van der Waals surface area contributed by atoms with E-state index in [4.69, 9.17) is 11.6 Å². The topological polar surface area (TPSA) is 0 Å². The fourth-order valence-electron chi connectivity index (χ4n) is 2.38. The first-order valence-corrected chi connectivity index (χ1v) is 8.14. The zero-order valence-electron chi connectivity index (χ0n) is 11.4. The molecule has 0 nitrogen and oxygen atoms in total. The molecule has 0 fully saturated rings. The van der Waals surface area contributed by atoms with Crippen LogP contribution in [0.1, 0.15) is 16.7 Å². The van der Waals surface area contributed by atoms with Crippen LogP contribution in [-0.2, 0) is 12.8 Å². The van der Waals surface area contributed by atoms with Crippen molar-refractivity contribution in [2.24, 2.45) is 5.92 Å². The smallest absolute Gasteiger partial charge is 0.123 e. The van der Waals surface area contributed by atoms with E-state index in [0.29, 0.717) is 5.92 Å². The van der Waals surface area contributed by atoms with Crippen molar-refractivity contribution < 1.29 is 4.39 Å². The predicted molar refractivity (Wildman–Crippen MR) is 87.3 cm³/mol. The molecular formula is C17H17BrClF. The Balaban J connectivity index is 2.09. The number of benzene rings is 2. The molecule has 0 aliphatic heterocycles. The SMILES string of the molecule is Cc1cc(F)ccc1CC(CBr)Cc1cccc(Cl)c1. The van der Waals surface area contributed by atoms with Gasteiger partial charge in [0.1, 0.15) is 5.82 Å². The molecule has 0 saturated heterocycles. The van der Waals surface area contributed by atoms with Gasteiger partial charge in [0.2, 0.25) is 0 Å². The van der Waals surface area contributed by atoms with E-state index in [9.17, 15) is 4.39 Å². The van der Waals surface area contributed by atoms with Gasteiger partial charge in [-0.25, -0.2) is 4.39 Å². The van der Waals surface area contributed by atoms with Gasteiger partial charge in [0.05, 0.1) is 0 Å². The fraction of sp³-hybridized carbons (Fsp3) is 0.294. The number of alkyl halides is 1. The number of hydrogen-bond acceptors (Lipinski definition) is 0. The Morgan fingerprint density at radius 2 is 1.95 bits per heavy atom. The maximum Gasteiger partial charge on any atom is 0.123 e. The summed E-state index contributed by atoms with van der Waals surface area (Å²) in [4.78, 5) is 0. The molecule has 2 aromatic carbocycles. The minimum Gasteiger partial charge on any atom is -0.207 e. The summed E-state index contributed by atoms with van der Waals surface area (Å²) in [6.07, 6.45) is 1.90. The lowest BCUT2D eigenvalue weighted by Gasteiger charge is -2.16. The number of hydrogen-bond donors (Lipinski definition) is 0. The minimum atomic E-state index is -0.170. The molecule has 0 aliphatic carbocycles. The van der Waals surface area contributed by atoms with E-state index < -0.39 is 0 Å². The molecule has 0 aromatic heterocycles. The van der Waals surface area contributed by atoms with Gasteiger partial charge in [-0.05, 0) is 66.6 Å². The summed E-state index contributed by atoms with van der Waals surface area (Å²) in [5.41, 5.74) is 3.46. The predicted octanol–water partition coefficient (Wildman–Crippen LogP) is 5.58. The second kappa shape index (κ2) is 7.24. The second-order valence-corrected chi connectivity index (χ2v) is 6.21. The summed E-state index contributed by atoms with van der Waals surface area (Å²) >= 11 is 9.60. The first-order valence-electron chi connectivity index (χ1n) is 6.64. The van der Waals surface area contributed by atoms with Gasteiger partial charge >= 0.3 is 0 Å². The van der Waals surface area contributed by atoms with Crippen LogP contribution in [0.2, 0.25) is 5.02 Å². The maximum atomic E-state index is 13.1. The van der Waals surface area contributed by atoms with Crippen LogP contribution in [0.15, 0.2) is 42.5 Å². The number of aryl methyl sites for hydroxylation is 1. The molecule has 20 heavy (non-hydrogen) atoms. The first kappa shape index (κ1) is 15.5. The lowest BCUT2D eigenvalue weighted by Crippen LogP contribution is -2.11. The lowest BCUT2D eigenvalue weighted by molar-refractivity contribution is 0.585. The Bertz CT molecular complexity index is 583. The Kier molecular flexibility index (Phi) is 5.62. The standard InChI is InChI=1S/C17H17BrClF/c1-12-7-17(20)6-5-15(12)9-14(11-18)8-13-3-2-4-16(19)10-13/h2-7,10,14H,8-9,11H2,1H3. The van der Waals surface area contributed by atoms with E-state index in [2.05, 4.69) is 22.0 Å². The minimum absolute atomic E-state index is 0.170. The van der Waals surface area contributed by atoms with Crippen LogP contribution in [-0.4, -0.2) is 5.33 Å². The molecule has 0 bridgehead atoms. The van der Waals surface area contributed by atoms with Crippen molar-refractivity contribution in [3.63, 3.8) is 0 Å². The van der Waals surface area contributed by atoms with Crippen LogP contribution in [0, 0.1) is 18.7 Å². The highest BCUT2D eigenvalue weighted by molar-refractivity contribution is 9.09. The zero-order chi connectivity index (χ0) is 14.5. The quantitative estimate of drug-likeness (QED) is 0.614. The van der Waals surface area contributed by atoms with Gasteiger partial charge in [0.15, 0.2) is 0 Å². The van der Waals surface area contributed by atoms with Gasteiger partial charge in [-0.3, -0.25) is 0 Å². The largest absolute Gasteiger partial charge is 0.207 e. The summed E-state index contributed by atoms with van der Waals surface area (Å²) in [5, 5.41) is 1.69. The Hall–Kier alpha value is -0.860. The average Bonchev–Trinajstić information content (AvgIpc) is 2.41. The molecule has 0 N–H and O–H groups in total. The molecule has 2 aromatic rings. The molecular weight excluding hydrogens is 339 g/mol. The molecule has 1 unspecified atom stereocenters. The molecule has 2 rings (SSSR count). The Morgan fingerprint density at radius 3 is 2.60 bits per heavy atom. The van der Waals surface area contributed by atoms with Crippen LogP contribution in [0.5, 0.6) is 0 Å². The van der Waals surface area contributed by atoms with Gasteiger partial charge in [0, 0.05) is 10.4 Å². The Morgan fingerprint density at radius 1 is 1.15 bits per heavy atom. The van der Waals surface area contributed by atoms with E-state index in [1.165, 1.54) is 17.2 Å². The van der Waals surface area contributed by atoms with E-state index in [0.717, 1.165) is 28.8 Å². The lowest BCUT2D eigenvalue weighted by atomic mass is 9.92. The van der Waals surface area contributed by atoms with Gasteiger partial charge in [-0.15, -0.1) is 0 Å². The van der Waals surface area contributed by atoms with Crippen molar-refractivity contribution in [3.8, 4) is 0 Å². The van der Waals surface area contributed by atoms with Crippen molar-refractivity contribution in [1.29, 1.82) is 0 Å². The van der Waals surface area contributed by atoms with Crippen LogP contribution >= 0.6 is 27.5 Å². The normalized spacial score (nSPS) is 12.4. The van der Waals surface area contributed by atoms with Crippen molar-refractivity contribution >= 4 is 27.5 Å². The average molecular weight is 356 g/mol. The second-order valence-electron chi connectivity index (χ2n) is 5.13. The molecule has 0 radical (unpaired) electrons. The number of halogens is 3. The summed E-state index contributed by atoms with van der Waals surface area (Å²) < 4.78 is 13.1. The van der Waals surface area contributed by atoms with E-state index in [-0.39, 0.29) is 5.82 Å². The molecule has 0 spiro atoms. The van der Waals surface area contributed by atoms with Gasteiger partial charge in [-0.1, -0.05) is 45.7 Å². The third-order valence-electron chi connectivity index (χ3n) is 3.44. The molecule has 0 heterocycles. The molecule has 0 amide bonds. The molecule has 0 aliphatic rings. The monoisotopic (exact) mass is 354 g/mol. The van der Waals surface area contributed by atoms with Crippen molar-refractivity contribution in [2.75, 3.05) is 5.33 Å². The Labute approximate surface area is 133 Å². The third kappa shape index (κ3) is 4.32. The van der Waals surface area contributed by atoms with Gasteiger partial charge in [0.25, 0.3) is 0 Å². The highest BCUT2D eigenvalue weighted by Crippen LogP contribution is 2.21. The van der Waals surface area contributed by atoms with Gasteiger partial charge < -0.3 is 0 Å². The first-order chi connectivity index (χ1) is 9.58. The van der Waals surface area contributed by atoms with Crippen LogP contribution in [0.4, 0.5) is 4.39 Å². The highest BCUT2D eigenvalue weighted by atomic mass is 79.9. The summed E-state index contributed by atoms with van der Waals surface area (Å²) in [6.45, 7) is 1.96. The zero-order valence-corrected chi connectivity index (χ0v) is 13.7. The maximum absolute atomic E-state index is 13.1. The summed E-state index contributed by atoms with van der Waals surface area (Å²) in [5.74, 6) is 0.300. The molecule has 106 valence electrons. The molecule has 1 atom stereocenters. The molecule has 3 heteroatoms. The van der Waals surface area contributed by atoms with Crippen LogP contribution < -0.4 is 0 Å². The van der Waals surface area contributed by atoms with Crippen molar-refractivity contribution in [2.45, 2.75) is 19.8 Å².